The second kappa shape index (κ2) is 7.50. The van der Waals surface area contributed by atoms with Crippen LogP contribution >= 0.6 is 0 Å². The number of anilines is 2. The summed E-state index contributed by atoms with van der Waals surface area (Å²) in [6.45, 7) is 9.59. The molecular weight excluding hydrogens is 318 g/mol. The fraction of sp³-hybridized carbons (Fsp3) is 0.529. The molecule has 3 rings (SSSR count). The van der Waals surface area contributed by atoms with Gasteiger partial charge in [-0.15, -0.1) is 0 Å². The van der Waals surface area contributed by atoms with Crippen LogP contribution in [0.5, 0.6) is 0 Å². The number of rotatable bonds is 6. The fourth-order valence-corrected chi connectivity index (χ4v) is 3.17. The van der Waals surface area contributed by atoms with Crippen LogP contribution in [0.15, 0.2) is 24.3 Å². The summed E-state index contributed by atoms with van der Waals surface area (Å²) in [7, 11) is 0. The number of aromatic nitrogens is 4. The highest BCUT2D eigenvalue weighted by Gasteiger charge is 2.25. The highest BCUT2D eigenvalue weighted by atomic mass is 16.2. The number of hydrogen-bond acceptors (Lipinski definition) is 6. The van der Waals surface area contributed by atoms with Crippen LogP contribution in [0.2, 0.25) is 0 Å². The average molecular weight is 343 g/mol. The number of carbonyl (C=O) groups is 1. The Hall–Kier alpha value is -2.64. The quantitative estimate of drug-likeness (QED) is 0.837. The topological polar surface area (TPSA) is 79.2 Å². The zero-order valence-corrected chi connectivity index (χ0v) is 15.0. The molecule has 0 bridgehead atoms. The highest BCUT2D eigenvalue weighted by molar-refractivity contribution is 5.82. The van der Waals surface area contributed by atoms with Crippen molar-refractivity contribution in [1.82, 2.24) is 25.5 Å². The first-order valence-corrected chi connectivity index (χ1v) is 8.69. The molecule has 1 saturated heterocycles. The Balaban J connectivity index is 1.69. The molecule has 1 amide bonds. The van der Waals surface area contributed by atoms with Gasteiger partial charge in [0.25, 0.3) is 0 Å². The zero-order chi connectivity index (χ0) is 17.8. The first-order valence-electron chi connectivity index (χ1n) is 8.69. The van der Waals surface area contributed by atoms with Gasteiger partial charge in [-0.05, 0) is 48.9 Å². The molecule has 134 valence electrons. The van der Waals surface area contributed by atoms with E-state index in [2.05, 4.69) is 63.9 Å². The number of tetrazole rings is 1. The van der Waals surface area contributed by atoms with Crippen molar-refractivity contribution in [2.75, 3.05) is 36.0 Å². The lowest BCUT2D eigenvalue weighted by molar-refractivity contribution is -0.121. The van der Waals surface area contributed by atoms with Gasteiger partial charge in [-0.2, -0.15) is 0 Å². The van der Waals surface area contributed by atoms with Crippen molar-refractivity contribution in [2.45, 2.75) is 33.4 Å². The molecule has 2 heterocycles. The Morgan fingerprint density at radius 2 is 2.24 bits per heavy atom. The van der Waals surface area contributed by atoms with E-state index < -0.39 is 0 Å². The van der Waals surface area contributed by atoms with Crippen LogP contribution in [-0.2, 0) is 11.3 Å². The van der Waals surface area contributed by atoms with Gasteiger partial charge in [0.2, 0.25) is 11.9 Å². The molecule has 0 radical (unpaired) electrons. The van der Waals surface area contributed by atoms with E-state index in [0.717, 1.165) is 13.1 Å². The molecule has 1 aliphatic heterocycles. The normalized spacial score (nSPS) is 17.5. The zero-order valence-electron chi connectivity index (χ0n) is 15.0. The van der Waals surface area contributed by atoms with Crippen LogP contribution in [0.1, 0.15) is 19.4 Å². The summed E-state index contributed by atoms with van der Waals surface area (Å²) >= 11 is 0. The predicted molar refractivity (Wildman–Crippen MR) is 96.7 cm³/mol. The van der Waals surface area contributed by atoms with Crippen LogP contribution < -0.4 is 15.1 Å². The maximum atomic E-state index is 11.8. The molecule has 1 unspecified atom stereocenters. The summed E-state index contributed by atoms with van der Waals surface area (Å²) in [5.41, 5.74) is 2.44. The monoisotopic (exact) mass is 343 g/mol. The number of piperazine rings is 1. The van der Waals surface area contributed by atoms with E-state index in [-0.39, 0.29) is 11.9 Å². The fourth-order valence-electron chi connectivity index (χ4n) is 3.17. The SMILES string of the molecule is CCN(CCn1nnnc1N1CC(=O)NC(C)C1)c1cccc(C)c1. The van der Waals surface area contributed by atoms with E-state index in [0.29, 0.717) is 25.6 Å². The van der Waals surface area contributed by atoms with Gasteiger partial charge in [0.15, 0.2) is 0 Å². The van der Waals surface area contributed by atoms with Crippen molar-refractivity contribution in [3.05, 3.63) is 29.8 Å². The lowest BCUT2D eigenvalue weighted by atomic mass is 10.2. The Morgan fingerprint density at radius 1 is 1.40 bits per heavy atom. The predicted octanol–water partition coefficient (Wildman–Crippen LogP) is 0.833. The van der Waals surface area contributed by atoms with Crippen LogP contribution in [-0.4, -0.2) is 58.3 Å². The first kappa shape index (κ1) is 17.2. The molecule has 8 nitrogen and oxygen atoms in total. The first-order chi connectivity index (χ1) is 12.1. The molecule has 1 aromatic carbocycles. The number of carbonyl (C=O) groups excluding carboxylic acids is 1. The van der Waals surface area contributed by atoms with Gasteiger partial charge >= 0.3 is 0 Å². The number of likely N-dealkylation sites (N-methyl/N-ethyl adjacent to an activating group) is 1. The second-order valence-corrected chi connectivity index (χ2v) is 6.47. The molecular formula is C17H25N7O. The number of aryl methyl sites for hydroxylation is 1. The van der Waals surface area contributed by atoms with Crippen molar-refractivity contribution >= 4 is 17.5 Å². The summed E-state index contributed by atoms with van der Waals surface area (Å²) in [5.74, 6) is 0.658. The minimum Gasteiger partial charge on any atom is -0.370 e. The number of nitrogens with zero attached hydrogens (tertiary/aromatic N) is 6. The Morgan fingerprint density at radius 3 is 2.96 bits per heavy atom. The van der Waals surface area contributed by atoms with Crippen molar-refractivity contribution in [3.63, 3.8) is 0 Å². The number of nitrogens with one attached hydrogen (secondary N) is 1. The summed E-state index contributed by atoms with van der Waals surface area (Å²) in [5, 5.41) is 15.0. The van der Waals surface area contributed by atoms with E-state index in [1.807, 2.05) is 11.8 Å². The third-order valence-corrected chi connectivity index (χ3v) is 4.36. The van der Waals surface area contributed by atoms with Gasteiger partial charge in [0, 0.05) is 31.4 Å². The van der Waals surface area contributed by atoms with Crippen LogP contribution in [0.4, 0.5) is 11.6 Å². The Kier molecular flexibility index (Phi) is 5.16. The van der Waals surface area contributed by atoms with Gasteiger partial charge in [-0.3, -0.25) is 4.79 Å². The van der Waals surface area contributed by atoms with Crippen molar-refractivity contribution in [3.8, 4) is 0 Å². The van der Waals surface area contributed by atoms with Crippen LogP contribution in [0.25, 0.3) is 0 Å². The van der Waals surface area contributed by atoms with Gasteiger partial charge in [-0.1, -0.05) is 17.2 Å². The summed E-state index contributed by atoms with van der Waals surface area (Å²) in [6, 6.07) is 8.56. The van der Waals surface area contributed by atoms with Crippen molar-refractivity contribution < 1.29 is 4.79 Å². The smallest absolute Gasteiger partial charge is 0.246 e. The van der Waals surface area contributed by atoms with E-state index in [9.17, 15) is 4.79 Å². The number of hydrogen-bond donors (Lipinski definition) is 1. The summed E-state index contributed by atoms with van der Waals surface area (Å²) in [6.07, 6.45) is 0. The van der Waals surface area contributed by atoms with Crippen molar-refractivity contribution in [1.29, 1.82) is 0 Å². The van der Waals surface area contributed by atoms with Gasteiger partial charge < -0.3 is 15.1 Å². The van der Waals surface area contributed by atoms with Gasteiger partial charge in [0.1, 0.15) is 0 Å². The molecule has 2 aromatic rings. The molecule has 0 spiro atoms. The molecule has 1 N–H and O–H groups in total. The third kappa shape index (κ3) is 4.07. The molecule has 8 heteroatoms. The van der Waals surface area contributed by atoms with Gasteiger partial charge in [0.05, 0.1) is 13.1 Å². The van der Waals surface area contributed by atoms with Crippen molar-refractivity contribution in [2.24, 2.45) is 0 Å². The second-order valence-electron chi connectivity index (χ2n) is 6.47. The maximum Gasteiger partial charge on any atom is 0.246 e. The largest absolute Gasteiger partial charge is 0.370 e. The molecule has 1 atom stereocenters. The van der Waals surface area contributed by atoms with Gasteiger partial charge in [-0.25, -0.2) is 4.68 Å². The lowest BCUT2D eigenvalue weighted by Crippen LogP contribution is -2.53. The molecule has 1 fully saturated rings. The minimum atomic E-state index is 0.00301. The van der Waals surface area contributed by atoms with E-state index >= 15 is 0 Å². The molecule has 25 heavy (non-hydrogen) atoms. The molecule has 1 aromatic heterocycles. The molecule has 0 saturated carbocycles. The molecule has 0 aliphatic carbocycles. The minimum absolute atomic E-state index is 0.00301. The standard InChI is InChI=1S/C17H25N7O/c1-4-22(15-7-5-6-13(2)10-15)8-9-24-17(19-20-21-24)23-11-14(3)18-16(25)12-23/h5-7,10,14H,4,8-9,11-12H2,1-3H3,(H,18,25). The highest BCUT2D eigenvalue weighted by Crippen LogP contribution is 2.17. The average Bonchev–Trinajstić information content (AvgIpc) is 3.03. The lowest BCUT2D eigenvalue weighted by Gasteiger charge is -2.31. The van der Waals surface area contributed by atoms with Crippen LogP contribution in [0, 0.1) is 6.92 Å². The Labute approximate surface area is 147 Å². The summed E-state index contributed by atoms with van der Waals surface area (Å²) < 4.78 is 1.78. The number of amides is 1. The number of benzene rings is 1. The van der Waals surface area contributed by atoms with E-state index in [1.165, 1.54) is 11.3 Å². The van der Waals surface area contributed by atoms with E-state index in [4.69, 9.17) is 0 Å². The van der Waals surface area contributed by atoms with E-state index in [1.54, 1.807) is 4.68 Å². The van der Waals surface area contributed by atoms with Crippen LogP contribution in [0.3, 0.4) is 0 Å². The molecule has 1 aliphatic rings. The third-order valence-electron chi connectivity index (χ3n) is 4.36. The Bertz CT molecular complexity index is 729. The summed E-state index contributed by atoms with van der Waals surface area (Å²) in [4.78, 5) is 16.0. The maximum absolute atomic E-state index is 11.8.